The molecule has 0 aliphatic carbocycles. The lowest BCUT2D eigenvalue weighted by Gasteiger charge is -2.18. The summed E-state index contributed by atoms with van der Waals surface area (Å²) in [4.78, 5) is 24.9. The highest BCUT2D eigenvalue weighted by Crippen LogP contribution is 2.02. The molecular formula is C15H29NO8. The molecule has 0 rings (SSSR count). The molecule has 0 aromatic rings. The van der Waals surface area contributed by atoms with Crippen LogP contribution in [-0.4, -0.2) is 54.2 Å². The number of carbonyl (C=O) groups excluding carboxylic acids is 2. The van der Waals surface area contributed by atoms with Crippen LogP contribution in [0.25, 0.3) is 0 Å². The van der Waals surface area contributed by atoms with Crippen molar-refractivity contribution in [3.05, 3.63) is 12.7 Å². The van der Waals surface area contributed by atoms with E-state index in [0.717, 1.165) is 6.08 Å². The van der Waals surface area contributed by atoms with E-state index < -0.39 is 24.6 Å². The lowest BCUT2D eigenvalue weighted by atomic mass is 10.4. The number of rotatable bonds is 9. The van der Waals surface area contributed by atoms with Gasteiger partial charge in [-0.3, -0.25) is 0 Å². The zero-order valence-electron chi connectivity index (χ0n) is 14.7. The molecule has 3 atom stereocenters. The van der Waals surface area contributed by atoms with Gasteiger partial charge in [-0.25, -0.2) is 9.59 Å². The average Bonchev–Trinajstić information content (AvgIpc) is 2.58. The Kier molecular flexibility index (Phi) is 16.6. The molecule has 3 N–H and O–H groups in total. The minimum absolute atomic E-state index is 0.198. The van der Waals surface area contributed by atoms with Crippen molar-refractivity contribution in [2.45, 2.75) is 59.2 Å². The van der Waals surface area contributed by atoms with E-state index in [1.807, 2.05) is 13.8 Å². The molecule has 0 heterocycles. The standard InChI is InChI=1S/C9H20O4.C6H9NO4/c1-4-8(10)12-6-7(3)13-9(11)5-2;1-3-5(8)11-7-6(9)10-4-2/h7-11H,4-6H2,1-3H3;3H,1,4H2,2H3,(H,7,9). The summed E-state index contributed by atoms with van der Waals surface area (Å²) < 4.78 is 14.5. The van der Waals surface area contributed by atoms with Crippen LogP contribution in [0.5, 0.6) is 0 Å². The summed E-state index contributed by atoms with van der Waals surface area (Å²) in [6.07, 6.45) is -0.434. The number of aliphatic hydroxyl groups excluding tert-OH is 2. The number of hydrogen-bond donors (Lipinski definition) is 3. The van der Waals surface area contributed by atoms with E-state index in [1.54, 1.807) is 19.3 Å². The van der Waals surface area contributed by atoms with Crippen molar-refractivity contribution in [3.8, 4) is 0 Å². The zero-order chi connectivity index (χ0) is 19.0. The second kappa shape index (κ2) is 16.2. The van der Waals surface area contributed by atoms with Gasteiger partial charge in [0.2, 0.25) is 0 Å². The van der Waals surface area contributed by atoms with Gasteiger partial charge < -0.3 is 29.3 Å². The first-order valence-electron chi connectivity index (χ1n) is 7.69. The van der Waals surface area contributed by atoms with E-state index in [9.17, 15) is 9.59 Å². The summed E-state index contributed by atoms with van der Waals surface area (Å²) in [5, 5.41) is 18.2. The van der Waals surface area contributed by atoms with Gasteiger partial charge in [0.1, 0.15) is 0 Å². The van der Waals surface area contributed by atoms with Crippen LogP contribution < -0.4 is 5.48 Å². The molecule has 0 aromatic heterocycles. The molecule has 0 aromatic carbocycles. The van der Waals surface area contributed by atoms with E-state index in [1.165, 1.54) is 0 Å². The molecule has 3 unspecified atom stereocenters. The van der Waals surface area contributed by atoms with Crippen LogP contribution in [0.2, 0.25) is 0 Å². The van der Waals surface area contributed by atoms with Gasteiger partial charge in [-0.05, 0) is 26.7 Å². The van der Waals surface area contributed by atoms with Gasteiger partial charge in [0, 0.05) is 6.08 Å². The quantitative estimate of drug-likeness (QED) is 0.322. The van der Waals surface area contributed by atoms with Gasteiger partial charge >= 0.3 is 12.1 Å². The van der Waals surface area contributed by atoms with E-state index in [2.05, 4.69) is 16.2 Å². The number of carbonyl (C=O) groups is 2. The Labute approximate surface area is 142 Å². The number of amides is 1. The fraction of sp³-hybridized carbons (Fsp3) is 0.733. The second-order valence-corrected chi connectivity index (χ2v) is 4.45. The van der Waals surface area contributed by atoms with Crippen LogP contribution in [0.4, 0.5) is 4.79 Å². The fourth-order valence-electron chi connectivity index (χ4n) is 1.06. The Morgan fingerprint density at radius 3 is 2.21 bits per heavy atom. The first kappa shape index (κ1) is 24.6. The molecule has 0 aliphatic heterocycles. The van der Waals surface area contributed by atoms with Crippen LogP contribution >= 0.6 is 0 Å². The molecule has 24 heavy (non-hydrogen) atoms. The van der Waals surface area contributed by atoms with Crippen LogP contribution in [0, 0.1) is 0 Å². The monoisotopic (exact) mass is 351 g/mol. The molecule has 0 bridgehead atoms. The third kappa shape index (κ3) is 16.7. The van der Waals surface area contributed by atoms with Crippen LogP contribution in [-0.2, 0) is 23.8 Å². The summed E-state index contributed by atoms with van der Waals surface area (Å²) >= 11 is 0. The number of hydroxylamine groups is 1. The summed E-state index contributed by atoms with van der Waals surface area (Å²) in [7, 11) is 0. The maximum Gasteiger partial charge on any atom is 0.440 e. The first-order valence-corrected chi connectivity index (χ1v) is 7.69. The van der Waals surface area contributed by atoms with Crippen LogP contribution in [0.15, 0.2) is 12.7 Å². The zero-order valence-corrected chi connectivity index (χ0v) is 14.7. The third-order valence-corrected chi connectivity index (χ3v) is 2.29. The predicted octanol–water partition coefficient (Wildman–Crippen LogP) is 1.24. The SMILES string of the molecule is C=CC(=O)ONC(=O)OCC.CCC(O)OCC(C)OC(O)CC. The first-order chi connectivity index (χ1) is 11.3. The van der Waals surface area contributed by atoms with Crippen LogP contribution in [0.3, 0.4) is 0 Å². The normalized spacial score (nSPS) is 13.6. The maximum absolute atomic E-state index is 10.4. The predicted molar refractivity (Wildman–Crippen MR) is 85.5 cm³/mol. The second-order valence-electron chi connectivity index (χ2n) is 4.45. The highest BCUT2D eigenvalue weighted by atomic mass is 16.7. The lowest BCUT2D eigenvalue weighted by Crippen LogP contribution is -2.26. The molecule has 0 fully saturated rings. The largest absolute Gasteiger partial charge is 0.448 e. The topological polar surface area (TPSA) is 124 Å². The summed E-state index contributed by atoms with van der Waals surface area (Å²) in [5.41, 5.74) is 1.75. The van der Waals surface area contributed by atoms with Crippen molar-refractivity contribution in [2.24, 2.45) is 0 Å². The lowest BCUT2D eigenvalue weighted by molar-refractivity contribution is -0.176. The van der Waals surface area contributed by atoms with Gasteiger partial charge in [0.25, 0.3) is 0 Å². The fourth-order valence-corrected chi connectivity index (χ4v) is 1.06. The Morgan fingerprint density at radius 2 is 1.75 bits per heavy atom. The Balaban J connectivity index is 0. The van der Waals surface area contributed by atoms with Crippen LogP contribution in [0.1, 0.15) is 40.5 Å². The molecule has 0 radical (unpaired) electrons. The minimum Gasteiger partial charge on any atom is -0.448 e. The van der Waals surface area contributed by atoms with E-state index in [-0.39, 0.29) is 12.7 Å². The highest BCUT2D eigenvalue weighted by molar-refractivity contribution is 5.82. The van der Waals surface area contributed by atoms with Gasteiger partial charge in [0.15, 0.2) is 12.6 Å². The van der Waals surface area contributed by atoms with E-state index >= 15 is 0 Å². The smallest absolute Gasteiger partial charge is 0.440 e. The van der Waals surface area contributed by atoms with Crippen molar-refractivity contribution >= 4 is 12.1 Å². The highest BCUT2D eigenvalue weighted by Gasteiger charge is 2.10. The average molecular weight is 351 g/mol. The Morgan fingerprint density at radius 1 is 1.17 bits per heavy atom. The summed E-state index contributed by atoms with van der Waals surface area (Å²) in [5.74, 6) is -0.738. The van der Waals surface area contributed by atoms with E-state index in [0.29, 0.717) is 19.4 Å². The van der Waals surface area contributed by atoms with Crippen molar-refractivity contribution in [1.29, 1.82) is 0 Å². The van der Waals surface area contributed by atoms with Gasteiger partial charge in [-0.15, -0.1) is 5.48 Å². The number of ether oxygens (including phenoxy) is 3. The Hall–Kier alpha value is -1.68. The maximum atomic E-state index is 10.4. The molecule has 0 saturated heterocycles. The summed E-state index contributed by atoms with van der Waals surface area (Å²) in [6.45, 7) is 10.7. The molecule has 0 spiro atoms. The molecule has 9 nitrogen and oxygen atoms in total. The van der Waals surface area contributed by atoms with Crippen molar-refractivity contribution < 1.29 is 38.9 Å². The van der Waals surface area contributed by atoms with Crippen molar-refractivity contribution in [1.82, 2.24) is 5.48 Å². The van der Waals surface area contributed by atoms with Gasteiger partial charge in [-0.2, -0.15) is 0 Å². The molecular weight excluding hydrogens is 322 g/mol. The molecule has 9 heteroatoms. The van der Waals surface area contributed by atoms with Gasteiger partial charge in [0.05, 0.1) is 19.3 Å². The Bertz CT molecular complexity index is 350. The third-order valence-electron chi connectivity index (χ3n) is 2.29. The number of nitrogens with one attached hydrogen (secondary N) is 1. The van der Waals surface area contributed by atoms with Crippen molar-refractivity contribution in [2.75, 3.05) is 13.2 Å². The number of hydrogen-bond acceptors (Lipinski definition) is 8. The van der Waals surface area contributed by atoms with E-state index in [4.69, 9.17) is 19.7 Å². The van der Waals surface area contributed by atoms with Gasteiger partial charge in [-0.1, -0.05) is 20.4 Å². The number of aliphatic hydroxyl groups is 2. The summed E-state index contributed by atoms with van der Waals surface area (Å²) in [6, 6.07) is 0. The molecule has 1 amide bonds. The van der Waals surface area contributed by atoms with Crippen molar-refractivity contribution in [3.63, 3.8) is 0 Å². The molecule has 0 saturated carbocycles. The molecule has 142 valence electrons. The molecule has 0 aliphatic rings. The minimum atomic E-state index is -0.803.